The molecule has 0 rings (SSSR count). The quantitative estimate of drug-likeness (QED) is 0.0262. The second kappa shape index (κ2) is 54.2. The summed E-state index contributed by atoms with van der Waals surface area (Å²) in [6.07, 6.45) is 64.4. The maximum absolute atomic E-state index is 12.8. The van der Waals surface area contributed by atoms with E-state index in [1.807, 2.05) is 0 Å². The molecule has 0 aliphatic heterocycles. The minimum absolute atomic E-state index is 0.0797. The number of hydrogen-bond acceptors (Lipinski definition) is 6. The second-order valence-corrected chi connectivity index (χ2v) is 19.2. The zero-order valence-corrected chi connectivity index (χ0v) is 43.5. The van der Waals surface area contributed by atoms with Crippen LogP contribution in [-0.4, -0.2) is 37.2 Å². The first-order valence-electron chi connectivity index (χ1n) is 28.5. The molecule has 6 nitrogen and oxygen atoms in total. The van der Waals surface area contributed by atoms with Crippen molar-refractivity contribution in [1.82, 2.24) is 0 Å². The number of hydrogen-bond donors (Lipinski definition) is 0. The molecule has 0 aromatic heterocycles. The van der Waals surface area contributed by atoms with Gasteiger partial charge in [0.05, 0.1) is 0 Å². The van der Waals surface area contributed by atoms with Crippen LogP contribution in [0.15, 0.2) is 36.5 Å². The first-order chi connectivity index (χ1) is 32.0. The predicted molar refractivity (Wildman–Crippen MR) is 279 cm³/mol. The fourth-order valence-corrected chi connectivity index (χ4v) is 8.40. The van der Waals surface area contributed by atoms with E-state index in [-0.39, 0.29) is 31.1 Å². The monoisotopic (exact) mass is 913 g/mol. The van der Waals surface area contributed by atoms with Gasteiger partial charge in [-0.05, 0) is 51.4 Å². The molecule has 0 saturated heterocycles. The fraction of sp³-hybridized carbons (Fsp3) is 0.847. The second-order valence-electron chi connectivity index (χ2n) is 19.2. The molecule has 0 amide bonds. The lowest BCUT2D eigenvalue weighted by Gasteiger charge is -2.18. The summed E-state index contributed by atoms with van der Waals surface area (Å²) in [7, 11) is 0. The van der Waals surface area contributed by atoms with Gasteiger partial charge in [0, 0.05) is 19.3 Å². The van der Waals surface area contributed by atoms with E-state index in [0.717, 1.165) is 83.5 Å². The molecule has 1 unspecified atom stereocenters. The van der Waals surface area contributed by atoms with E-state index in [9.17, 15) is 14.4 Å². The summed E-state index contributed by atoms with van der Waals surface area (Å²) in [5.74, 6) is -0.896. The van der Waals surface area contributed by atoms with Gasteiger partial charge in [-0.15, -0.1) is 0 Å². The average Bonchev–Trinajstić information content (AvgIpc) is 3.30. The van der Waals surface area contributed by atoms with E-state index < -0.39 is 6.10 Å². The highest BCUT2D eigenvalue weighted by Gasteiger charge is 2.19. The van der Waals surface area contributed by atoms with E-state index >= 15 is 0 Å². The van der Waals surface area contributed by atoms with Gasteiger partial charge in [-0.25, -0.2) is 0 Å². The lowest BCUT2D eigenvalue weighted by Crippen LogP contribution is -2.30. The Balaban J connectivity index is 4.18. The van der Waals surface area contributed by atoms with Crippen molar-refractivity contribution >= 4 is 17.9 Å². The molecule has 380 valence electrons. The SMILES string of the molecule is CC/C=C\C/C=C\C/C=C\CCCCCC(=O)OC(COC(=O)CCCCCCCCCCCC)COC(=O)CCCCCCCCCCCCCCCCCCCCCCCCCC. The van der Waals surface area contributed by atoms with Gasteiger partial charge < -0.3 is 14.2 Å². The van der Waals surface area contributed by atoms with Gasteiger partial charge in [0.2, 0.25) is 0 Å². The Morgan fingerprint density at radius 3 is 0.938 bits per heavy atom. The maximum atomic E-state index is 12.8. The topological polar surface area (TPSA) is 78.9 Å². The number of esters is 3. The van der Waals surface area contributed by atoms with Crippen LogP contribution >= 0.6 is 0 Å². The highest BCUT2D eigenvalue weighted by molar-refractivity contribution is 5.71. The van der Waals surface area contributed by atoms with Gasteiger partial charge in [0.25, 0.3) is 0 Å². The molecule has 1 atom stereocenters. The van der Waals surface area contributed by atoms with E-state index in [2.05, 4.69) is 57.2 Å². The summed E-state index contributed by atoms with van der Waals surface area (Å²) < 4.78 is 16.8. The van der Waals surface area contributed by atoms with Crippen LogP contribution in [0, 0.1) is 0 Å². The van der Waals surface area contributed by atoms with Crippen LogP contribution in [0.3, 0.4) is 0 Å². The van der Waals surface area contributed by atoms with Crippen LogP contribution in [0.25, 0.3) is 0 Å². The molecule has 0 N–H and O–H groups in total. The molecule has 0 radical (unpaired) electrons. The molecule has 0 saturated carbocycles. The molecule has 0 heterocycles. The summed E-state index contributed by atoms with van der Waals surface area (Å²) in [4.78, 5) is 38.0. The first kappa shape index (κ1) is 62.6. The third-order valence-corrected chi connectivity index (χ3v) is 12.7. The number of ether oxygens (including phenoxy) is 3. The van der Waals surface area contributed by atoms with Crippen molar-refractivity contribution in [3.8, 4) is 0 Å². The molecule has 0 aromatic rings. The summed E-state index contributed by atoms with van der Waals surface area (Å²) >= 11 is 0. The van der Waals surface area contributed by atoms with Crippen LogP contribution in [0.5, 0.6) is 0 Å². The Bertz CT molecular complexity index is 1090. The number of allylic oxidation sites excluding steroid dienone is 6. The lowest BCUT2D eigenvalue weighted by molar-refractivity contribution is -0.167. The predicted octanol–water partition coefficient (Wildman–Crippen LogP) is 18.9. The molecule has 0 bridgehead atoms. The van der Waals surface area contributed by atoms with Crippen molar-refractivity contribution in [2.24, 2.45) is 0 Å². The summed E-state index contributed by atoms with van der Waals surface area (Å²) in [5, 5.41) is 0. The van der Waals surface area contributed by atoms with Crippen LogP contribution in [0.2, 0.25) is 0 Å². The lowest BCUT2D eigenvalue weighted by atomic mass is 10.0. The molecule has 0 spiro atoms. The van der Waals surface area contributed by atoms with Crippen LogP contribution in [0.4, 0.5) is 0 Å². The third-order valence-electron chi connectivity index (χ3n) is 12.7. The largest absolute Gasteiger partial charge is 0.462 e. The Morgan fingerprint density at radius 2 is 0.600 bits per heavy atom. The summed E-state index contributed by atoms with van der Waals surface area (Å²) in [6.45, 7) is 6.52. The summed E-state index contributed by atoms with van der Waals surface area (Å²) in [6, 6.07) is 0. The van der Waals surface area contributed by atoms with Crippen molar-refractivity contribution in [2.45, 2.75) is 309 Å². The molecule has 0 aromatic carbocycles. The van der Waals surface area contributed by atoms with Crippen molar-refractivity contribution < 1.29 is 28.6 Å². The van der Waals surface area contributed by atoms with E-state index in [1.165, 1.54) is 180 Å². The molecule has 0 fully saturated rings. The Labute approximate surface area is 404 Å². The number of carbonyl (C=O) groups excluding carboxylic acids is 3. The van der Waals surface area contributed by atoms with Crippen LogP contribution < -0.4 is 0 Å². The molecule has 65 heavy (non-hydrogen) atoms. The van der Waals surface area contributed by atoms with Crippen molar-refractivity contribution in [3.05, 3.63) is 36.5 Å². The molecule has 0 aliphatic rings. The van der Waals surface area contributed by atoms with E-state index in [0.29, 0.717) is 19.3 Å². The van der Waals surface area contributed by atoms with E-state index in [1.54, 1.807) is 0 Å². The van der Waals surface area contributed by atoms with Gasteiger partial charge >= 0.3 is 17.9 Å². The minimum Gasteiger partial charge on any atom is -0.462 e. The van der Waals surface area contributed by atoms with E-state index in [4.69, 9.17) is 14.2 Å². The third kappa shape index (κ3) is 52.5. The van der Waals surface area contributed by atoms with Gasteiger partial charge in [-0.3, -0.25) is 14.4 Å². The number of rotatable bonds is 52. The highest BCUT2D eigenvalue weighted by atomic mass is 16.6. The molecule has 0 aliphatic carbocycles. The zero-order chi connectivity index (χ0) is 47.2. The normalized spacial score (nSPS) is 12.2. The summed E-state index contributed by atoms with van der Waals surface area (Å²) in [5.41, 5.74) is 0. The van der Waals surface area contributed by atoms with Gasteiger partial charge in [-0.1, -0.05) is 269 Å². The Morgan fingerprint density at radius 1 is 0.323 bits per heavy atom. The number of carbonyl (C=O) groups is 3. The highest BCUT2D eigenvalue weighted by Crippen LogP contribution is 2.17. The van der Waals surface area contributed by atoms with Gasteiger partial charge in [0.1, 0.15) is 13.2 Å². The van der Waals surface area contributed by atoms with Crippen molar-refractivity contribution in [2.75, 3.05) is 13.2 Å². The minimum atomic E-state index is -0.782. The molecular formula is C59H108O6. The van der Waals surface area contributed by atoms with Crippen molar-refractivity contribution in [1.29, 1.82) is 0 Å². The first-order valence-corrected chi connectivity index (χ1v) is 28.5. The van der Waals surface area contributed by atoms with Crippen LogP contribution in [-0.2, 0) is 28.6 Å². The molecular weight excluding hydrogens is 805 g/mol. The maximum Gasteiger partial charge on any atom is 0.306 e. The van der Waals surface area contributed by atoms with Gasteiger partial charge in [-0.2, -0.15) is 0 Å². The zero-order valence-electron chi connectivity index (χ0n) is 43.5. The molecule has 6 heteroatoms. The fourth-order valence-electron chi connectivity index (χ4n) is 8.40. The number of unbranched alkanes of at least 4 members (excludes halogenated alkanes) is 35. The Hall–Kier alpha value is -2.37. The smallest absolute Gasteiger partial charge is 0.306 e. The standard InChI is InChI=1S/C59H108O6/c1-4-7-10-13-16-19-22-24-25-26-27-28-29-30-31-32-33-34-36-37-40-43-46-49-52-58(61)64-55-56(54-63-57(60)51-48-45-42-39-21-18-15-12-9-6-3)65-59(62)53-50-47-44-41-38-35-23-20-17-14-11-8-5-2/h8,11,17,20,35,38,56H,4-7,9-10,12-16,18-19,21-34,36-37,39-55H2,1-3H3/b11-8-,20-17-,38-35-. The van der Waals surface area contributed by atoms with Crippen molar-refractivity contribution in [3.63, 3.8) is 0 Å². The van der Waals surface area contributed by atoms with Crippen LogP contribution in [0.1, 0.15) is 303 Å². The average molecular weight is 914 g/mol. The van der Waals surface area contributed by atoms with Gasteiger partial charge in [0.15, 0.2) is 6.10 Å². The Kier molecular flexibility index (Phi) is 52.3.